The second kappa shape index (κ2) is 9.74. The van der Waals surface area contributed by atoms with Gasteiger partial charge in [0.25, 0.3) is 22.9 Å². The lowest BCUT2D eigenvalue weighted by molar-refractivity contribution is -0.121. The van der Waals surface area contributed by atoms with Gasteiger partial charge in [0.2, 0.25) is 0 Å². The van der Waals surface area contributed by atoms with Crippen molar-refractivity contribution in [2.24, 2.45) is 0 Å². The summed E-state index contributed by atoms with van der Waals surface area (Å²) in [7, 11) is 0. The van der Waals surface area contributed by atoms with Gasteiger partial charge in [0.15, 0.2) is 6.61 Å². The Balaban J connectivity index is 1.46. The van der Waals surface area contributed by atoms with Crippen LogP contribution in [0.2, 0.25) is 0 Å². The van der Waals surface area contributed by atoms with Gasteiger partial charge in [0.1, 0.15) is 5.75 Å². The first-order valence-electron chi connectivity index (χ1n) is 8.85. The third kappa shape index (κ3) is 6.08. The zero-order valence-electron chi connectivity index (χ0n) is 15.9. The minimum Gasteiger partial charge on any atom is -0.484 e. The normalized spacial score (nSPS) is 11.5. The lowest BCUT2D eigenvalue weighted by atomic mass is 10.2. The van der Waals surface area contributed by atoms with Gasteiger partial charge in [-0.15, -0.1) is 10.2 Å². The molecule has 2 aromatic carbocycles. The number of rotatable bonds is 7. The molecule has 3 rings (SSSR count). The predicted octanol–water partition coefficient (Wildman–Crippen LogP) is 2.90. The molecule has 8 nitrogen and oxygen atoms in total. The maximum atomic E-state index is 12.2. The highest BCUT2D eigenvalue weighted by Crippen LogP contribution is 2.22. The van der Waals surface area contributed by atoms with Crippen LogP contribution in [0.4, 0.5) is 0 Å². The van der Waals surface area contributed by atoms with Gasteiger partial charge >= 0.3 is 0 Å². The summed E-state index contributed by atoms with van der Waals surface area (Å²) in [6.07, 6.45) is 0. The van der Waals surface area contributed by atoms with Crippen molar-refractivity contribution in [1.29, 1.82) is 0 Å². The molecule has 0 aliphatic carbocycles. The molecule has 1 atom stereocenters. The summed E-state index contributed by atoms with van der Waals surface area (Å²) in [4.78, 5) is 24.1. The Bertz CT molecular complexity index is 977. The number of benzene rings is 2. The van der Waals surface area contributed by atoms with Crippen LogP contribution < -0.4 is 15.6 Å². The first-order chi connectivity index (χ1) is 14.0. The number of aromatic nitrogens is 2. The number of carbonyl (C=O) groups is 2. The van der Waals surface area contributed by atoms with Crippen molar-refractivity contribution >= 4 is 23.6 Å². The third-order valence-electron chi connectivity index (χ3n) is 3.78. The van der Waals surface area contributed by atoms with Crippen molar-refractivity contribution in [2.45, 2.75) is 30.9 Å². The first-order valence-corrected chi connectivity index (χ1v) is 9.73. The SMILES string of the molecule is Cc1cccc(OCc2nnc(S[C@H](C)C(=O)NNC(=O)c3ccccc3)o2)c1. The van der Waals surface area contributed by atoms with Crippen molar-refractivity contribution in [3.8, 4) is 5.75 Å². The summed E-state index contributed by atoms with van der Waals surface area (Å²) >= 11 is 1.08. The van der Waals surface area contributed by atoms with Gasteiger partial charge < -0.3 is 9.15 Å². The zero-order valence-corrected chi connectivity index (χ0v) is 16.7. The second-order valence-electron chi connectivity index (χ2n) is 6.14. The maximum Gasteiger partial charge on any atom is 0.277 e. The molecule has 0 fully saturated rings. The Labute approximate surface area is 172 Å². The Morgan fingerprint density at radius 1 is 1.10 bits per heavy atom. The van der Waals surface area contributed by atoms with Gasteiger partial charge in [-0.05, 0) is 43.7 Å². The maximum absolute atomic E-state index is 12.2. The highest BCUT2D eigenvalue weighted by atomic mass is 32.2. The summed E-state index contributed by atoms with van der Waals surface area (Å²) < 4.78 is 11.1. The van der Waals surface area contributed by atoms with Crippen LogP contribution in [-0.2, 0) is 11.4 Å². The molecule has 1 heterocycles. The number of carbonyl (C=O) groups excluding carboxylic acids is 2. The van der Waals surface area contributed by atoms with E-state index in [1.54, 1.807) is 37.3 Å². The quantitative estimate of drug-likeness (QED) is 0.454. The van der Waals surface area contributed by atoms with E-state index in [1.807, 2.05) is 31.2 Å². The van der Waals surface area contributed by atoms with E-state index in [1.165, 1.54) is 0 Å². The molecule has 0 aliphatic heterocycles. The van der Waals surface area contributed by atoms with Crippen molar-refractivity contribution in [3.05, 3.63) is 71.6 Å². The van der Waals surface area contributed by atoms with Crippen molar-refractivity contribution in [3.63, 3.8) is 0 Å². The lowest BCUT2D eigenvalue weighted by Gasteiger charge is -2.11. The number of ether oxygens (including phenoxy) is 1. The molecule has 2 amide bonds. The van der Waals surface area contributed by atoms with E-state index in [-0.39, 0.29) is 11.8 Å². The Hall–Kier alpha value is -3.33. The molecular formula is C20H20N4O4S. The summed E-state index contributed by atoms with van der Waals surface area (Å²) in [6.45, 7) is 3.77. The van der Waals surface area contributed by atoms with Crippen LogP contribution in [0, 0.1) is 6.92 Å². The van der Waals surface area contributed by atoms with E-state index in [9.17, 15) is 9.59 Å². The molecule has 3 aromatic rings. The predicted molar refractivity (Wildman–Crippen MR) is 107 cm³/mol. The third-order valence-corrected chi connectivity index (χ3v) is 4.72. The fourth-order valence-corrected chi connectivity index (χ4v) is 2.98. The number of nitrogens with zero attached hydrogens (tertiary/aromatic N) is 2. The van der Waals surface area contributed by atoms with Gasteiger partial charge in [-0.25, -0.2) is 0 Å². The number of thioether (sulfide) groups is 1. The van der Waals surface area contributed by atoms with E-state index >= 15 is 0 Å². The summed E-state index contributed by atoms with van der Waals surface area (Å²) in [6, 6.07) is 16.2. The minimum absolute atomic E-state index is 0.130. The number of hydrogen-bond acceptors (Lipinski definition) is 7. The van der Waals surface area contributed by atoms with Crippen LogP contribution in [0.25, 0.3) is 0 Å². The molecule has 9 heteroatoms. The molecule has 0 radical (unpaired) electrons. The highest BCUT2D eigenvalue weighted by molar-refractivity contribution is 8.00. The lowest BCUT2D eigenvalue weighted by Crippen LogP contribution is -2.44. The van der Waals surface area contributed by atoms with Gasteiger partial charge in [-0.1, -0.05) is 42.1 Å². The van der Waals surface area contributed by atoms with E-state index in [4.69, 9.17) is 9.15 Å². The molecule has 0 spiro atoms. The van der Waals surface area contributed by atoms with Crippen molar-refractivity contribution in [1.82, 2.24) is 21.0 Å². The van der Waals surface area contributed by atoms with Crippen molar-refractivity contribution < 1.29 is 18.7 Å². The van der Waals surface area contributed by atoms with Crippen LogP contribution >= 0.6 is 11.8 Å². The summed E-state index contributed by atoms with van der Waals surface area (Å²) in [5.41, 5.74) is 6.29. The smallest absolute Gasteiger partial charge is 0.277 e. The average molecular weight is 412 g/mol. The second-order valence-corrected chi connectivity index (χ2v) is 7.43. The average Bonchev–Trinajstić information content (AvgIpc) is 3.18. The molecule has 0 saturated heterocycles. The number of aryl methyl sites for hydroxylation is 1. The van der Waals surface area contributed by atoms with Gasteiger partial charge in [0.05, 0.1) is 5.25 Å². The monoisotopic (exact) mass is 412 g/mol. The molecular weight excluding hydrogens is 392 g/mol. The molecule has 0 aliphatic rings. The molecule has 150 valence electrons. The molecule has 29 heavy (non-hydrogen) atoms. The van der Waals surface area contributed by atoms with E-state index < -0.39 is 17.1 Å². The van der Waals surface area contributed by atoms with Crippen LogP contribution in [0.5, 0.6) is 5.75 Å². The van der Waals surface area contributed by atoms with E-state index in [0.717, 1.165) is 17.3 Å². The van der Waals surface area contributed by atoms with Crippen LogP contribution in [0.1, 0.15) is 28.7 Å². The largest absolute Gasteiger partial charge is 0.484 e. The van der Waals surface area contributed by atoms with Gasteiger partial charge in [-0.3, -0.25) is 20.4 Å². The van der Waals surface area contributed by atoms with Crippen LogP contribution in [-0.4, -0.2) is 27.3 Å². The number of hydrogen-bond donors (Lipinski definition) is 2. The molecule has 0 saturated carbocycles. The Kier molecular flexibility index (Phi) is 6.85. The minimum atomic E-state index is -0.558. The van der Waals surface area contributed by atoms with Crippen LogP contribution in [0.15, 0.2) is 64.2 Å². The molecule has 0 unspecified atom stereocenters. The first kappa shape index (κ1) is 20.4. The fraction of sp³-hybridized carbons (Fsp3) is 0.200. The number of nitrogens with one attached hydrogen (secondary N) is 2. The molecule has 0 bridgehead atoms. The molecule has 2 N–H and O–H groups in total. The van der Waals surface area contributed by atoms with E-state index in [0.29, 0.717) is 17.2 Å². The number of hydrazine groups is 1. The Morgan fingerprint density at radius 2 is 1.90 bits per heavy atom. The highest BCUT2D eigenvalue weighted by Gasteiger charge is 2.19. The van der Waals surface area contributed by atoms with Gasteiger partial charge in [0, 0.05) is 5.56 Å². The van der Waals surface area contributed by atoms with Gasteiger partial charge in [-0.2, -0.15) is 0 Å². The Morgan fingerprint density at radius 3 is 2.66 bits per heavy atom. The summed E-state index contributed by atoms with van der Waals surface area (Å²) in [5.74, 6) is 0.220. The van der Waals surface area contributed by atoms with E-state index in [2.05, 4.69) is 21.0 Å². The van der Waals surface area contributed by atoms with Crippen LogP contribution in [0.3, 0.4) is 0 Å². The topological polar surface area (TPSA) is 106 Å². The van der Waals surface area contributed by atoms with Crippen molar-refractivity contribution in [2.75, 3.05) is 0 Å². The standard InChI is InChI=1S/C20H20N4O4S/c1-13-7-6-10-16(11-13)27-12-17-21-24-20(28-17)29-14(2)18(25)22-23-19(26)15-8-4-3-5-9-15/h3-11,14H,12H2,1-2H3,(H,22,25)(H,23,26)/t14-/m1/s1. The number of amides is 2. The fourth-order valence-electron chi connectivity index (χ4n) is 2.28. The summed E-state index contributed by atoms with van der Waals surface area (Å²) in [5, 5.41) is 7.51. The molecule has 1 aromatic heterocycles. The zero-order chi connectivity index (χ0) is 20.6.